The quantitative estimate of drug-likeness (QED) is 0.529. The molecule has 0 aliphatic heterocycles. The van der Waals surface area contributed by atoms with Gasteiger partial charge in [-0.25, -0.2) is 15.8 Å². The van der Waals surface area contributed by atoms with Crippen molar-refractivity contribution in [2.45, 2.75) is 52.6 Å². The molecule has 0 unspecified atom stereocenters. The first-order chi connectivity index (χ1) is 10.1. The summed E-state index contributed by atoms with van der Waals surface area (Å²) in [6, 6.07) is 1.83. The SMILES string of the molecule is CCOCc1nc(NN)cc(NCC2(C)CCCCC2)n1. The molecular weight excluding hydrogens is 266 g/mol. The highest BCUT2D eigenvalue weighted by Crippen LogP contribution is 2.35. The molecule has 1 saturated carbocycles. The summed E-state index contributed by atoms with van der Waals surface area (Å²) in [5.41, 5.74) is 2.95. The van der Waals surface area contributed by atoms with Crippen LogP contribution in [0.1, 0.15) is 51.8 Å². The van der Waals surface area contributed by atoms with Crippen molar-refractivity contribution >= 4 is 11.6 Å². The van der Waals surface area contributed by atoms with Gasteiger partial charge in [0.1, 0.15) is 18.2 Å². The van der Waals surface area contributed by atoms with Gasteiger partial charge >= 0.3 is 0 Å². The molecule has 2 rings (SSSR count). The summed E-state index contributed by atoms with van der Waals surface area (Å²) in [4.78, 5) is 8.78. The molecule has 0 saturated heterocycles. The number of hydrogen-bond acceptors (Lipinski definition) is 6. The van der Waals surface area contributed by atoms with Crippen LogP contribution < -0.4 is 16.6 Å². The van der Waals surface area contributed by atoms with Crippen molar-refractivity contribution in [3.8, 4) is 0 Å². The fraction of sp³-hybridized carbons (Fsp3) is 0.733. The third-order valence-corrected chi connectivity index (χ3v) is 4.11. The number of hydrogen-bond donors (Lipinski definition) is 3. The molecule has 0 spiro atoms. The molecule has 21 heavy (non-hydrogen) atoms. The second-order valence-corrected chi connectivity index (χ2v) is 6.06. The highest BCUT2D eigenvalue weighted by Gasteiger charge is 2.26. The first-order valence-corrected chi connectivity index (χ1v) is 7.81. The summed E-state index contributed by atoms with van der Waals surface area (Å²) in [5, 5.41) is 3.44. The predicted octanol–water partition coefficient (Wildman–Crippen LogP) is 2.68. The number of nitrogens with two attached hydrogens (primary N) is 1. The van der Waals surface area contributed by atoms with E-state index in [1.807, 2.05) is 13.0 Å². The molecule has 1 aromatic rings. The number of nitrogen functional groups attached to an aromatic ring is 1. The van der Waals surface area contributed by atoms with Crippen LogP contribution in [-0.2, 0) is 11.3 Å². The molecule has 0 aromatic carbocycles. The smallest absolute Gasteiger partial charge is 0.158 e. The number of nitrogens with zero attached hydrogens (tertiary/aromatic N) is 2. The fourth-order valence-electron chi connectivity index (χ4n) is 2.81. The van der Waals surface area contributed by atoms with E-state index in [9.17, 15) is 0 Å². The minimum absolute atomic E-state index is 0.361. The Morgan fingerprint density at radius 1 is 1.24 bits per heavy atom. The van der Waals surface area contributed by atoms with Crippen molar-refractivity contribution < 1.29 is 4.74 Å². The number of anilines is 2. The van der Waals surface area contributed by atoms with Crippen LogP contribution in [-0.4, -0.2) is 23.1 Å². The monoisotopic (exact) mass is 293 g/mol. The molecule has 1 aromatic heterocycles. The van der Waals surface area contributed by atoms with Gasteiger partial charge in [-0.15, -0.1) is 0 Å². The van der Waals surface area contributed by atoms with Gasteiger partial charge in [-0.05, 0) is 25.2 Å². The molecule has 0 atom stereocenters. The van der Waals surface area contributed by atoms with Gasteiger partial charge in [0.2, 0.25) is 0 Å². The Morgan fingerprint density at radius 3 is 2.62 bits per heavy atom. The van der Waals surface area contributed by atoms with E-state index in [1.54, 1.807) is 0 Å². The van der Waals surface area contributed by atoms with Gasteiger partial charge < -0.3 is 15.5 Å². The van der Waals surface area contributed by atoms with E-state index in [2.05, 4.69) is 27.6 Å². The van der Waals surface area contributed by atoms with E-state index < -0.39 is 0 Å². The van der Waals surface area contributed by atoms with Crippen molar-refractivity contribution in [2.24, 2.45) is 11.3 Å². The predicted molar refractivity (Wildman–Crippen MR) is 84.9 cm³/mol. The van der Waals surface area contributed by atoms with E-state index in [-0.39, 0.29) is 0 Å². The van der Waals surface area contributed by atoms with Gasteiger partial charge in [0.05, 0.1) is 0 Å². The topological polar surface area (TPSA) is 85.1 Å². The van der Waals surface area contributed by atoms with Crippen molar-refractivity contribution in [1.82, 2.24) is 9.97 Å². The van der Waals surface area contributed by atoms with E-state index in [0.29, 0.717) is 30.3 Å². The molecule has 1 heterocycles. The molecule has 1 fully saturated rings. The van der Waals surface area contributed by atoms with Crippen molar-refractivity contribution in [2.75, 3.05) is 23.9 Å². The van der Waals surface area contributed by atoms with Gasteiger partial charge in [0, 0.05) is 19.2 Å². The maximum atomic E-state index is 5.47. The fourth-order valence-corrected chi connectivity index (χ4v) is 2.81. The molecule has 0 radical (unpaired) electrons. The Bertz CT molecular complexity index is 446. The maximum Gasteiger partial charge on any atom is 0.158 e. The Balaban J connectivity index is 2.00. The Labute approximate surface area is 126 Å². The Morgan fingerprint density at radius 2 is 1.95 bits per heavy atom. The first-order valence-electron chi connectivity index (χ1n) is 7.81. The zero-order valence-corrected chi connectivity index (χ0v) is 13.1. The number of rotatable bonds is 7. The lowest BCUT2D eigenvalue weighted by Crippen LogP contribution is -2.29. The number of aromatic nitrogens is 2. The largest absolute Gasteiger partial charge is 0.374 e. The zero-order valence-electron chi connectivity index (χ0n) is 13.1. The number of nitrogens with one attached hydrogen (secondary N) is 2. The standard InChI is InChI=1S/C15H27N5O/c1-3-21-10-14-18-12(9-13(19-14)20-16)17-11-15(2)7-5-4-6-8-15/h9H,3-8,10-11,16H2,1-2H3,(H2,17,18,19,20). The average molecular weight is 293 g/mol. The summed E-state index contributed by atoms with van der Waals surface area (Å²) in [7, 11) is 0. The van der Waals surface area contributed by atoms with Gasteiger partial charge in [0.15, 0.2) is 5.82 Å². The van der Waals surface area contributed by atoms with Crippen LogP contribution in [0.3, 0.4) is 0 Å². The second-order valence-electron chi connectivity index (χ2n) is 6.06. The highest BCUT2D eigenvalue weighted by molar-refractivity contribution is 5.46. The van der Waals surface area contributed by atoms with Crippen LogP contribution in [0, 0.1) is 5.41 Å². The van der Waals surface area contributed by atoms with Gasteiger partial charge in [-0.2, -0.15) is 0 Å². The molecule has 0 bridgehead atoms. The highest BCUT2D eigenvalue weighted by atomic mass is 16.5. The van der Waals surface area contributed by atoms with Crippen LogP contribution in [0.2, 0.25) is 0 Å². The molecule has 118 valence electrons. The lowest BCUT2D eigenvalue weighted by molar-refractivity contribution is 0.128. The average Bonchev–Trinajstić information content (AvgIpc) is 2.51. The Hall–Kier alpha value is -1.40. The molecule has 4 N–H and O–H groups in total. The van der Waals surface area contributed by atoms with Crippen molar-refractivity contribution in [3.05, 3.63) is 11.9 Å². The lowest BCUT2D eigenvalue weighted by Gasteiger charge is -2.33. The minimum Gasteiger partial charge on any atom is -0.374 e. The summed E-state index contributed by atoms with van der Waals surface area (Å²) in [6.07, 6.45) is 6.57. The molecule has 0 amide bonds. The summed E-state index contributed by atoms with van der Waals surface area (Å²) in [5.74, 6) is 7.53. The second kappa shape index (κ2) is 7.56. The number of ether oxygens (including phenoxy) is 1. The molecule has 6 nitrogen and oxygen atoms in total. The van der Waals surface area contributed by atoms with E-state index in [0.717, 1.165) is 12.4 Å². The van der Waals surface area contributed by atoms with Crippen LogP contribution in [0.4, 0.5) is 11.6 Å². The molecule has 1 aliphatic carbocycles. The van der Waals surface area contributed by atoms with Gasteiger partial charge in [-0.1, -0.05) is 26.2 Å². The normalized spacial score (nSPS) is 17.5. The van der Waals surface area contributed by atoms with Crippen LogP contribution in [0.25, 0.3) is 0 Å². The lowest BCUT2D eigenvalue weighted by atomic mass is 9.76. The van der Waals surface area contributed by atoms with Crippen molar-refractivity contribution in [1.29, 1.82) is 0 Å². The van der Waals surface area contributed by atoms with Gasteiger partial charge in [-0.3, -0.25) is 0 Å². The third-order valence-electron chi connectivity index (χ3n) is 4.11. The first kappa shape index (κ1) is 16.0. The molecular formula is C15H27N5O. The molecule has 1 aliphatic rings. The van der Waals surface area contributed by atoms with Gasteiger partial charge in [0.25, 0.3) is 0 Å². The summed E-state index contributed by atoms with van der Waals surface area (Å²) >= 11 is 0. The van der Waals surface area contributed by atoms with Crippen molar-refractivity contribution in [3.63, 3.8) is 0 Å². The summed E-state index contributed by atoms with van der Waals surface area (Å²) in [6.45, 7) is 6.28. The molecule has 6 heteroatoms. The Kier molecular flexibility index (Phi) is 5.76. The van der Waals surface area contributed by atoms with E-state index in [1.165, 1.54) is 32.1 Å². The minimum atomic E-state index is 0.361. The van der Waals surface area contributed by atoms with Crippen LogP contribution in [0.5, 0.6) is 0 Å². The van der Waals surface area contributed by atoms with E-state index in [4.69, 9.17) is 10.6 Å². The third kappa shape index (κ3) is 4.82. The van der Waals surface area contributed by atoms with E-state index >= 15 is 0 Å². The maximum absolute atomic E-state index is 5.47. The summed E-state index contributed by atoms with van der Waals surface area (Å²) < 4.78 is 5.37. The van der Waals surface area contributed by atoms with Crippen LogP contribution >= 0.6 is 0 Å². The number of hydrazine groups is 1. The zero-order chi connectivity index (χ0) is 15.1. The van der Waals surface area contributed by atoms with Crippen LogP contribution in [0.15, 0.2) is 6.07 Å².